The summed E-state index contributed by atoms with van der Waals surface area (Å²) in [5, 5.41) is 2.78. The minimum absolute atomic E-state index is 0.0802. The predicted molar refractivity (Wildman–Crippen MR) is 75.2 cm³/mol. The molecule has 19 heavy (non-hydrogen) atoms. The van der Waals surface area contributed by atoms with E-state index in [-0.39, 0.29) is 5.91 Å². The molecule has 0 saturated carbocycles. The zero-order valence-corrected chi connectivity index (χ0v) is 11.9. The smallest absolute Gasteiger partial charge is 0.339 e. The summed E-state index contributed by atoms with van der Waals surface area (Å²) in [6.45, 7) is 5.96. The van der Waals surface area contributed by atoms with E-state index in [1.807, 2.05) is 26.8 Å². The van der Waals surface area contributed by atoms with Gasteiger partial charge >= 0.3 is 5.97 Å². The van der Waals surface area contributed by atoms with Crippen LogP contribution in [-0.2, 0) is 9.53 Å². The van der Waals surface area contributed by atoms with E-state index >= 15 is 0 Å². The molecule has 0 spiro atoms. The molecule has 0 saturated heterocycles. The van der Waals surface area contributed by atoms with Gasteiger partial charge in [-0.05, 0) is 25.0 Å². The number of carbonyl (C=O) groups is 2. The van der Waals surface area contributed by atoms with Crippen LogP contribution in [0.1, 0.15) is 42.6 Å². The Morgan fingerprint density at radius 1 is 1.37 bits per heavy atom. The SMILES string of the molecule is CCC(C)CC(=O)Nc1ccc(C)cc1C(=O)OC. The van der Waals surface area contributed by atoms with Crippen LogP contribution in [0.3, 0.4) is 0 Å². The normalized spacial score (nSPS) is 11.8. The number of ether oxygens (including phenoxy) is 1. The molecule has 0 aromatic heterocycles. The van der Waals surface area contributed by atoms with Crippen molar-refractivity contribution in [2.75, 3.05) is 12.4 Å². The molecule has 0 aliphatic heterocycles. The maximum Gasteiger partial charge on any atom is 0.339 e. The van der Waals surface area contributed by atoms with Crippen LogP contribution in [0.4, 0.5) is 5.69 Å². The molecule has 1 amide bonds. The van der Waals surface area contributed by atoms with Crippen molar-refractivity contribution >= 4 is 17.6 Å². The average Bonchev–Trinajstić information content (AvgIpc) is 2.39. The minimum atomic E-state index is -0.442. The van der Waals surface area contributed by atoms with E-state index in [1.54, 1.807) is 12.1 Å². The number of carbonyl (C=O) groups excluding carboxylic acids is 2. The summed E-state index contributed by atoms with van der Waals surface area (Å²) < 4.78 is 4.73. The number of benzene rings is 1. The monoisotopic (exact) mass is 263 g/mol. The molecule has 1 unspecified atom stereocenters. The number of amides is 1. The summed E-state index contributed by atoms with van der Waals surface area (Å²) in [4.78, 5) is 23.5. The largest absolute Gasteiger partial charge is 0.465 e. The van der Waals surface area contributed by atoms with Crippen LogP contribution in [-0.4, -0.2) is 19.0 Å². The summed E-state index contributed by atoms with van der Waals surface area (Å²) in [6, 6.07) is 5.30. The first-order valence-electron chi connectivity index (χ1n) is 6.46. The Kier molecular flexibility index (Phi) is 5.55. The highest BCUT2D eigenvalue weighted by atomic mass is 16.5. The molecule has 1 rings (SSSR count). The summed E-state index contributed by atoms with van der Waals surface area (Å²) in [5.41, 5.74) is 1.84. The van der Waals surface area contributed by atoms with E-state index in [4.69, 9.17) is 4.74 Å². The highest BCUT2D eigenvalue weighted by Crippen LogP contribution is 2.19. The number of rotatable bonds is 5. The molecule has 1 N–H and O–H groups in total. The van der Waals surface area contributed by atoms with Gasteiger partial charge in [0.25, 0.3) is 0 Å². The average molecular weight is 263 g/mol. The number of anilines is 1. The van der Waals surface area contributed by atoms with E-state index < -0.39 is 5.97 Å². The summed E-state index contributed by atoms with van der Waals surface area (Å²) in [6.07, 6.45) is 1.40. The Bertz CT molecular complexity index is 468. The van der Waals surface area contributed by atoms with Crippen LogP contribution >= 0.6 is 0 Å². The minimum Gasteiger partial charge on any atom is -0.465 e. The highest BCUT2D eigenvalue weighted by molar-refractivity contribution is 6.01. The van der Waals surface area contributed by atoms with Crippen molar-refractivity contribution in [3.8, 4) is 0 Å². The lowest BCUT2D eigenvalue weighted by Gasteiger charge is -2.12. The summed E-state index contributed by atoms with van der Waals surface area (Å²) >= 11 is 0. The van der Waals surface area contributed by atoms with Gasteiger partial charge in [0.1, 0.15) is 0 Å². The number of aryl methyl sites for hydroxylation is 1. The molecule has 1 atom stereocenters. The van der Waals surface area contributed by atoms with Crippen molar-refractivity contribution in [2.45, 2.75) is 33.6 Å². The van der Waals surface area contributed by atoms with Gasteiger partial charge < -0.3 is 10.1 Å². The Morgan fingerprint density at radius 3 is 2.63 bits per heavy atom. The quantitative estimate of drug-likeness (QED) is 0.830. The number of esters is 1. The van der Waals surface area contributed by atoms with Crippen molar-refractivity contribution in [3.05, 3.63) is 29.3 Å². The molecule has 4 nitrogen and oxygen atoms in total. The van der Waals surface area contributed by atoms with Crippen LogP contribution in [0.15, 0.2) is 18.2 Å². The van der Waals surface area contributed by atoms with Crippen LogP contribution in [0.5, 0.6) is 0 Å². The lowest BCUT2D eigenvalue weighted by Crippen LogP contribution is -2.17. The topological polar surface area (TPSA) is 55.4 Å². The lowest BCUT2D eigenvalue weighted by molar-refractivity contribution is -0.117. The van der Waals surface area contributed by atoms with Gasteiger partial charge in [-0.25, -0.2) is 4.79 Å². The van der Waals surface area contributed by atoms with E-state index in [1.165, 1.54) is 7.11 Å². The summed E-state index contributed by atoms with van der Waals surface area (Å²) in [7, 11) is 1.33. The highest BCUT2D eigenvalue weighted by Gasteiger charge is 2.15. The molecule has 0 radical (unpaired) electrons. The first kappa shape index (κ1) is 15.2. The third-order valence-corrected chi connectivity index (χ3v) is 3.09. The van der Waals surface area contributed by atoms with E-state index in [0.717, 1.165) is 12.0 Å². The standard InChI is InChI=1S/C15H21NO3/c1-5-10(2)9-14(17)16-13-7-6-11(3)8-12(13)15(18)19-4/h6-8,10H,5,9H2,1-4H3,(H,16,17). The van der Waals surface area contributed by atoms with E-state index in [0.29, 0.717) is 23.6 Å². The molecular weight excluding hydrogens is 242 g/mol. The van der Waals surface area contributed by atoms with Crippen molar-refractivity contribution in [3.63, 3.8) is 0 Å². The maximum absolute atomic E-state index is 11.9. The van der Waals surface area contributed by atoms with E-state index in [2.05, 4.69) is 5.32 Å². The zero-order chi connectivity index (χ0) is 14.4. The third-order valence-electron chi connectivity index (χ3n) is 3.09. The second-order valence-electron chi connectivity index (χ2n) is 4.81. The molecule has 0 heterocycles. The first-order valence-corrected chi connectivity index (χ1v) is 6.46. The van der Waals surface area contributed by atoms with Crippen molar-refractivity contribution in [1.82, 2.24) is 0 Å². The van der Waals surface area contributed by atoms with Gasteiger partial charge in [0, 0.05) is 6.42 Å². The van der Waals surface area contributed by atoms with Crippen LogP contribution in [0.25, 0.3) is 0 Å². The molecule has 104 valence electrons. The predicted octanol–water partition coefficient (Wildman–Crippen LogP) is 3.16. The molecule has 0 aliphatic carbocycles. The van der Waals surface area contributed by atoms with Crippen LogP contribution in [0, 0.1) is 12.8 Å². The number of nitrogens with one attached hydrogen (secondary N) is 1. The number of methoxy groups -OCH3 is 1. The number of hydrogen-bond acceptors (Lipinski definition) is 3. The molecule has 0 aliphatic rings. The Hall–Kier alpha value is -1.84. The third kappa shape index (κ3) is 4.39. The molecule has 0 fully saturated rings. The second kappa shape index (κ2) is 6.92. The van der Waals surface area contributed by atoms with Gasteiger partial charge in [0.15, 0.2) is 0 Å². The van der Waals surface area contributed by atoms with Crippen molar-refractivity contribution in [1.29, 1.82) is 0 Å². The fraction of sp³-hybridized carbons (Fsp3) is 0.467. The fourth-order valence-corrected chi connectivity index (χ4v) is 1.71. The molecule has 0 bridgehead atoms. The lowest BCUT2D eigenvalue weighted by atomic mass is 10.0. The number of hydrogen-bond donors (Lipinski definition) is 1. The van der Waals surface area contributed by atoms with Gasteiger partial charge in [0.05, 0.1) is 18.4 Å². The Morgan fingerprint density at radius 2 is 2.05 bits per heavy atom. The van der Waals surface area contributed by atoms with Crippen molar-refractivity contribution < 1.29 is 14.3 Å². The van der Waals surface area contributed by atoms with Gasteiger partial charge in [-0.2, -0.15) is 0 Å². The molecule has 1 aromatic carbocycles. The van der Waals surface area contributed by atoms with Crippen LogP contribution in [0.2, 0.25) is 0 Å². The summed E-state index contributed by atoms with van der Waals surface area (Å²) in [5.74, 6) is -0.196. The fourth-order valence-electron chi connectivity index (χ4n) is 1.71. The maximum atomic E-state index is 11.9. The second-order valence-corrected chi connectivity index (χ2v) is 4.81. The molecule has 4 heteroatoms. The van der Waals surface area contributed by atoms with Gasteiger partial charge in [-0.1, -0.05) is 31.9 Å². The van der Waals surface area contributed by atoms with Gasteiger partial charge in [0.2, 0.25) is 5.91 Å². The molecular formula is C15H21NO3. The van der Waals surface area contributed by atoms with Crippen molar-refractivity contribution in [2.24, 2.45) is 5.92 Å². The van der Waals surface area contributed by atoms with Crippen LogP contribution < -0.4 is 5.32 Å². The van der Waals surface area contributed by atoms with Gasteiger partial charge in [-0.15, -0.1) is 0 Å². The Labute approximate surface area is 114 Å². The zero-order valence-electron chi connectivity index (χ0n) is 11.9. The molecule has 1 aromatic rings. The van der Waals surface area contributed by atoms with E-state index in [9.17, 15) is 9.59 Å². The van der Waals surface area contributed by atoms with Gasteiger partial charge in [-0.3, -0.25) is 4.79 Å². The Balaban J connectivity index is 2.88. The first-order chi connectivity index (χ1) is 8.97.